The highest BCUT2D eigenvalue weighted by molar-refractivity contribution is 6.21. The third kappa shape index (κ3) is 5.49. The maximum atomic E-state index is 7.12. The zero-order valence-electron chi connectivity index (χ0n) is 33.5. The molecule has 0 bridgehead atoms. The van der Waals surface area contributed by atoms with Crippen molar-refractivity contribution in [3.05, 3.63) is 223 Å². The first-order valence-corrected chi connectivity index (χ1v) is 21.1. The highest BCUT2D eigenvalue weighted by atomic mass is 16.3. The summed E-state index contributed by atoms with van der Waals surface area (Å²) in [6.45, 7) is 0. The monoisotopic (exact) mass is 792 g/mol. The van der Waals surface area contributed by atoms with Gasteiger partial charge in [-0.25, -0.2) is 9.98 Å². The maximum absolute atomic E-state index is 7.12. The van der Waals surface area contributed by atoms with Gasteiger partial charge in [0.15, 0.2) is 11.4 Å². The van der Waals surface area contributed by atoms with E-state index < -0.39 is 6.17 Å². The molecule has 10 aromatic carbocycles. The summed E-state index contributed by atoms with van der Waals surface area (Å²) in [5.74, 6) is 1.38. The van der Waals surface area contributed by atoms with E-state index in [1.165, 1.54) is 37.9 Å². The number of furan rings is 1. The Hall–Kier alpha value is -8.28. The van der Waals surface area contributed by atoms with Crippen molar-refractivity contribution in [1.82, 2.24) is 9.88 Å². The summed E-state index contributed by atoms with van der Waals surface area (Å²) in [4.78, 5) is 11.0. The number of aromatic nitrogens is 1. The molecular formula is C57H36N4O. The van der Waals surface area contributed by atoms with Crippen molar-refractivity contribution in [2.45, 2.75) is 6.17 Å². The molecule has 0 fully saturated rings. The number of para-hydroxylation sites is 1. The van der Waals surface area contributed by atoms with E-state index in [-0.39, 0.29) is 0 Å². The Morgan fingerprint density at radius 2 is 1.05 bits per heavy atom. The Bertz CT molecular complexity index is 3840. The van der Waals surface area contributed by atoms with Gasteiger partial charge in [-0.15, -0.1) is 0 Å². The molecule has 0 amide bonds. The lowest BCUT2D eigenvalue weighted by atomic mass is 10.0. The number of benzene rings is 10. The van der Waals surface area contributed by atoms with Crippen LogP contribution in [0.25, 0.3) is 92.9 Å². The molecule has 1 aliphatic rings. The zero-order chi connectivity index (χ0) is 40.7. The van der Waals surface area contributed by atoms with Crippen LogP contribution in [-0.2, 0) is 0 Å². The van der Waals surface area contributed by atoms with E-state index >= 15 is 0 Å². The molecule has 5 nitrogen and oxygen atoms in total. The molecule has 12 aromatic rings. The molecule has 5 heteroatoms. The summed E-state index contributed by atoms with van der Waals surface area (Å²) < 4.78 is 9.50. The van der Waals surface area contributed by atoms with Gasteiger partial charge in [0.1, 0.15) is 23.3 Å². The number of hydrogen-bond acceptors (Lipinski definition) is 4. The lowest BCUT2D eigenvalue weighted by molar-refractivity contribution is 0.665. The van der Waals surface area contributed by atoms with Crippen LogP contribution in [0.15, 0.2) is 221 Å². The summed E-state index contributed by atoms with van der Waals surface area (Å²) in [6, 6.07) is 73.4. The van der Waals surface area contributed by atoms with Crippen molar-refractivity contribution < 1.29 is 4.42 Å². The maximum Gasteiger partial charge on any atom is 0.161 e. The molecule has 290 valence electrons. The van der Waals surface area contributed by atoms with Gasteiger partial charge in [-0.2, -0.15) is 0 Å². The molecule has 1 atom stereocenters. The van der Waals surface area contributed by atoms with Crippen molar-refractivity contribution in [3.8, 4) is 16.8 Å². The fourth-order valence-electron chi connectivity index (χ4n) is 9.52. The molecule has 1 N–H and O–H groups in total. The average molecular weight is 793 g/mol. The van der Waals surface area contributed by atoms with Crippen molar-refractivity contribution in [2.75, 3.05) is 0 Å². The van der Waals surface area contributed by atoms with E-state index in [1.54, 1.807) is 0 Å². The van der Waals surface area contributed by atoms with Crippen LogP contribution in [0.1, 0.15) is 22.9 Å². The predicted octanol–water partition coefficient (Wildman–Crippen LogP) is 14.3. The molecule has 0 spiro atoms. The van der Waals surface area contributed by atoms with Crippen LogP contribution in [0.4, 0.5) is 0 Å². The van der Waals surface area contributed by atoms with Crippen LogP contribution in [0.2, 0.25) is 0 Å². The van der Waals surface area contributed by atoms with Gasteiger partial charge in [0, 0.05) is 32.7 Å². The van der Waals surface area contributed by atoms with E-state index in [2.05, 4.69) is 210 Å². The second-order valence-electron chi connectivity index (χ2n) is 16.2. The van der Waals surface area contributed by atoms with E-state index in [9.17, 15) is 0 Å². The zero-order valence-corrected chi connectivity index (χ0v) is 33.5. The van der Waals surface area contributed by atoms with Crippen LogP contribution in [0.5, 0.6) is 0 Å². The fourth-order valence-corrected chi connectivity index (χ4v) is 9.52. The molecular weight excluding hydrogens is 757 g/mol. The summed E-state index contributed by atoms with van der Waals surface area (Å²) >= 11 is 0. The second-order valence-corrected chi connectivity index (χ2v) is 16.2. The number of fused-ring (bicyclic) bond motifs is 9. The molecule has 1 unspecified atom stereocenters. The molecule has 62 heavy (non-hydrogen) atoms. The first-order chi connectivity index (χ1) is 30.7. The van der Waals surface area contributed by atoms with Gasteiger partial charge in [0.2, 0.25) is 0 Å². The summed E-state index contributed by atoms with van der Waals surface area (Å²) in [6.07, 6.45) is -0.416. The number of nitrogens with zero attached hydrogens (tertiary/aromatic N) is 3. The summed E-state index contributed by atoms with van der Waals surface area (Å²) in [5.41, 5.74) is 9.94. The summed E-state index contributed by atoms with van der Waals surface area (Å²) in [5, 5.41) is 15.2. The number of amidine groups is 2. The van der Waals surface area contributed by atoms with Crippen LogP contribution in [-0.4, -0.2) is 16.2 Å². The van der Waals surface area contributed by atoms with Crippen molar-refractivity contribution in [1.29, 1.82) is 0 Å². The summed E-state index contributed by atoms with van der Waals surface area (Å²) in [7, 11) is 0. The lowest BCUT2D eigenvalue weighted by Crippen LogP contribution is -2.33. The van der Waals surface area contributed by atoms with Crippen LogP contribution >= 0.6 is 0 Å². The molecule has 2 aromatic heterocycles. The number of nitrogens with one attached hydrogen (secondary N) is 1. The first kappa shape index (κ1) is 34.6. The minimum atomic E-state index is -0.416. The molecule has 0 saturated heterocycles. The van der Waals surface area contributed by atoms with Gasteiger partial charge >= 0.3 is 0 Å². The second kappa shape index (κ2) is 13.6. The van der Waals surface area contributed by atoms with Gasteiger partial charge in [-0.1, -0.05) is 158 Å². The minimum absolute atomic E-state index is 0.416. The van der Waals surface area contributed by atoms with Crippen LogP contribution in [0.3, 0.4) is 0 Å². The standard InChI is InChI=1S/C57H36N4O/c1-2-12-35(13-3-1)37-22-25-38(26-23-37)55-58-56(44-27-24-36-14-4-5-15-39(36)30-44)60-57(59-55)47-29-28-46-49-32-41-17-7-9-19-43(41)34-52(49)62-54(46)53(47)61-50-21-11-10-20-45(50)48-31-40-16-6-8-18-42(40)33-51(48)61/h1-34,55H,(H,58,59,60). The molecule has 13 rings (SSSR count). The average Bonchev–Trinajstić information content (AvgIpc) is 3.86. The fraction of sp³-hybridized carbons (Fsp3) is 0.0175. The Balaban J connectivity index is 1.10. The quantitative estimate of drug-likeness (QED) is 0.189. The Labute approximate surface area is 356 Å². The smallest absolute Gasteiger partial charge is 0.161 e. The molecule has 0 aliphatic carbocycles. The molecule has 0 radical (unpaired) electrons. The van der Waals surface area contributed by atoms with E-state index in [1.807, 2.05) is 6.07 Å². The van der Waals surface area contributed by atoms with Crippen molar-refractivity contribution in [2.24, 2.45) is 9.98 Å². The normalized spacial score (nSPS) is 14.3. The molecule has 1 aliphatic heterocycles. The molecule has 0 saturated carbocycles. The lowest BCUT2D eigenvalue weighted by Gasteiger charge is -2.25. The van der Waals surface area contributed by atoms with Gasteiger partial charge in [-0.05, 0) is 97.5 Å². The highest BCUT2D eigenvalue weighted by Crippen LogP contribution is 2.42. The van der Waals surface area contributed by atoms with Gasteiger partial charge in [0.05, 0.1) is 11.0 Å². The van der Waals surface area contributed by atoms with Crippen LogP contribution in [0, 0.1) is 0 Å². The van der Waals surface area contributed by atoms with E-state index in [4.69, 9.17) is 14.4 Å². The third-order valence-electron chi connectivity index (χ3n) is 12.6. The predicted molar refractivity (Wildman–Crippen MR) is 258 cm³/mol. The molecule has 3 heterocycles. The number of hydrogen-bond donors (Lipinski definition) is 1. The first-order valence-electron chi connectivity index (χ1n) is 21.1. The highest BCUT2D eigenvalue weighted by Gasteiger charge is 2.28. The SMILES string of the molecule is c1ccc(-c2ccc(C3N=C(c4ccc5c(oc6cc7ccccc7cc65)c4-n4c5ccccc5c5cc6ccccc6cc54)N=C(c4ccc5ccccc5c4)N3)cc2)cc1. The van der Waals surface area contributed by atoms with Crippen molar-refractivity contribution >= 4 is 87.7 Å². The van der Waals surface area contributed by atoms with Gasteiger partial charge in [0.25, 0.3) is 0 Å². The van der Waals surface area contributed by atoms with E-state index in [0.29, 0.717) is 5.84 Å². The Morgan fingerprint density at radius 3 is 1.82 bits per heavy atom. The van der Waals surface area contributed by atoms with Crippen molar-refractivity contribution in [3.63, 3.8) is 0 Å². The Morgan fingerprint density at radius 1 is 0.435 bits per heavy atom. The third-order valence-corrected chi connectivity index (χ3v) is 12.6. The van der Waals surface area contributed by atoms with Crippen LogP contribution < -0.4 is 5.32 Å². The largest absolute Gasteiger partial charge is 0.454 e. The number of rotatable bonds is 5. The Kier molecular flexibility index (Phi) is 7.60. The minimum Gasteiger partial charge on any atom is -0.454 e. The number of aliphatic imine (C=N–C) groups is 2. The van der Waals surface area contributed by atoms with Gasteiger partial charge in [-0.3, -0.25) is 0 Å². The van der Waals surface area contributed by atoms with E-state index in [0.717, 1.165) is 77.5 Å². The van der Waals surface area contributed by atoms with Gasteiger partial charge < -0.3 is 14.3 Å². The topological polar surface area (TPSA) is 54.8 Å².